The molecule has 1 N–H and O–H groups in total. The fraction of sp³-hybridized carbons (Fsp3) is 0.154. The number of aromatic amines is 1. The van der Waals surface area contributed by atoms with Gasteiger partial charge in [0.25, 0.3) is 5.91 Å². The van der Waals surface area contributed by atoms with Crippen molar-refractivity contribution in [3.63, 3.8) is 0 Å². The lowest BCUT2D eigenvalue weighted by Crippen LogP contribution is -2.19. The number of anilines is 1. The summed E-state index contributed by atoms with van der Waals surface area (Å²) >= 11 is 0. The van der Waals surface area contributed by atoms with Crippen LogP contribution >= 0.6 is 0 Å². The van der Waals surface area contributed by atoms with E-state index in [0.29, 0.717) is 5.69 Å². The highest BCUT2D eigenvalue weighted by Gasteiger charge is 2.27. The van der Waals surface area contributed by atoms with E-state index >= 15 is 0 Å². The van der Waals surface area contributed by atoms with Crippen molar-refractivity contribution in [1.82, 2.24) is 15.4 Å². The van der Waals surface area contributed by atoms with Crippen LogP contribution in [0.1, 0.15) is 13.3 Å². The van der Waals surface area contributed by atoms with Gasteiger partial charge < -0.3 is 0 Å². The highest BCUT2D eigenvalue weighted by molar-refractivity contribution is 6.44. The van der Waals surface area contributed by atoms with E-state index in [-0.39, 0.29) is 23.8 Å². The molecule has 2 heterocycles. The number of ketones is 1. The summed E-state index contributed by atoms with van der Waals surface area (Å²) in [6.45, 7) is 1.41. The Morgan fingerprint density at radius 3 is 2.60 bits per heavy atom. The maximum absolute atomic E-state index is 11.8. The number of benzene rings is 1. The Morgan fingerprint density at radius 1 is 1.30 bits per heavy atom. The Kier molecular flexibility index (Phi) is 2.86. The van der Waals surface area contributed by atoms with Gasteiger partial charge in [-0.25, -0.2) is 5.01 Å². The van der Waals surface area contributed by atoms with E-state index in [9.17, 15) is 9.59 Å². The third-order valence-corrected chi connectivity index (χ3v) is 3.01. The fourth-order valence-corrected chi connectivity index (χ4v) is 1.94. The van der Waals surface area contributed by atoms with Crippen molar-refractivity contribution >= 4 is 23.1 Å². The van der Waals surface area contributed by atoms with Crippen LogP contribution in [0.25, 0.3) is 11.3 Å². The lowest BCUT2D eigenvalue weighted by Gasteiger charge is -2.11. The van der Waals surface area contributed by atoms with Crippen molar-refractivity contribution in [3.05, 3.63) is 30.5 Å². The quantitative estimate of drug-likeness (QED) is 0.904. The first-order valence-corrected chi connectivity index (χ1v) is 6.03. The van der Waals surface area contributed by atoms with E-state index in [4.69, 9.17) is 0 Å². The molecule has 2 aromatic rings. The van der Waals surface area contributed by atoms with Gasteiger partial charge in [-0.2, -0.15) is 5.10 Å². The summed E-state index contributed by atoms with van der Waals surface area (Å²) in [5.41, 5.74) is 2.51. The predicted octanol–water partition coefficient (Wildman–Crippen LogP) is 1.15. The van der Waals surface area contributed by atoms with Gasteiger partial charge in [0.1, 0.15) is 11.4 Å². The third-order valence-electron chi connectivity index (χ3n) is 3.01. The summed E-state index contributed by atoms with van der Waals surface area (Å²) in [5, 5.41) is 15.5. The van der Waals surface area contributed by atoms with Gasteiger partial charge in [-0.3, -0.25) is 14.7 Å². The summed E-state index contributed by atoms with van der Waals surface area (Å²) < 4.78 is 0. The SMILES string of the molecule is CC(=O)C1=NN(c2ccc(-c3c[nH]nn3)cc2)C(=O)C1. The first kappa shape index (κ1) is 12.2. The molecular weight excluding hydrogens is 258 g/mol. The predicted molar refractivity (Wildman–Crippen MR) is 72.0 cm³/mol. The van der Waals surface area contributed by atoms with E-state index < -0.39 is 0 Å². The average Bonchev–Trinajstić information content (AvgIpc) is 3.08. The molecule has 1 aromatic carbocycles. The Labute approximate surface area is 114 Å². The zero-order valence-corrected chi connectivity index (χ0v) is 10.7. The molecule has 7 nitrogen and oxygen atoms in total. The first-order valence-electron chi connectivity index (χ1n) is 6.03. The molecule has 1 aromatic heterocycles. The third kappa shape index (κ3) is 2.09. The number of nitrogens with zero attached hydrogens (tertiary/aromatic N) is 4. The molecular formula is C13H11N5O2. The van der Waals surface area contributed by atoms with Gasteiger partial charge in [0.15, 0.2) is 5.78 Å². The van der Waals surface area contributed by atoms with Crippen LogP contribution in [-0.2, 0) is 9.59 Å². The maximum Gasteiger partial charge on any atom is 0.253 e. The average molecular weight is 269 g/mol. The number of aromatic nitrogens is 3. The molecule has 7 heteroatoms. The number of carbonyl (C=O) groups excluding carboxylic acids is 2. The molecule has 100 valence electrons. The van der Waals surface area contributed by atoms with Gasteiger partial charge in [0.2, 0.25) is 0 Å². The number of hydrogen-bond donors (Lipinski definition) is 1. The van der Waals surface area contributed by atoms with Crippen molar-refractivity contribution in [2.45, 2.75) is 13.3 Å². The number of H-pyrrole nitrogens is 1. The molecule has 1 aliphatic heterocycles. The number of carbonyl (C=O) groups is 2. The summed E-state index contributed by atoms with van der Waals surface area (Å²) in [6, 6.07) is 7.16. The van der Waals surface area contributed by atoms with E-state index in [1.807, 2.05) is 12.1 Å². The summed E-state index contributed by atoms with van der Waals surface area (Å²) in [5.74, 6) is -0.385. The molecule has 0 saturated carbocycles. The first-order chi connectivity index (χ1) is 9.65. The smallest absolute Gasteiger partial charge is 0.253 e. The molecule has 3 rings (SSSR count). The minimum atomic E-state index is -0.204. The van der Waals surface area contributed by atoms with Crippen LogP contribution in [0.5, 0.6) is 0 Å². The molecule has 1 amide bonds. The summed E-state index contributed by atoms with van der Waals surface area (Å²) in [6.07, 6.45) is 1.74. The minimum Gasteiger partial charge on any atom is -0.293 e. The second-order valence-corrected chi connectivity index (χ2v) is 4.39. The van der Waals surface area contributed by atoms with Gasteiger partial charge in [0, 0.05) is 18.7 Å². The van der Waals surface area contributed by atoms with Crippen molar-refractivity contribution in [3.8, 4) is 11.3 Å². The Balaban J connectivity index is 1.88. The van der Waals surface area contributed by atoms with Gasteiger partial charge in [-0.05, 0) is 12.1 Å². The van der Waals surface area contributed by atoms with Crippen LogP contribution < -0.4 is 5.01 Å². The lowest BCUT2D eigenvalue weighted by molar-refractivity contribution is -0.117. The Bertz CT molecular complexity index is 688. The molecule has 0 atom stereocenters. The van der Waals surface area contributed by atoms with Crippen LogP contribution in [0.2, 0.25) is 0 Å². The van der Waals surface area contributed by atoms with Gasteiger partial charge in [-0.1, -0.05) is 17.3 Å². The molecule has 0 unspecified atom stereocenters. The van der Waals surface area contributed by atoms with Crippen LogP contribution in [0.3, 0.4) is 0 Å². The molecule has 1 aliphatic rings. The second-order valence-electron chi connectivity index (χ2n) is 4.39. The largest absolute Gasteiger partial charge is 0.293 e. The fourth-order valence-electron chi connectivity index (χ4n) is 1.94. The van der Waals surface area contributed by atoms with E-state index in [1.165, 1.54) is 11.9 Å². The second kappa shape index (κ2) is 4.69. The molecule has 0 saturated heterocycles. The van der Waals surface area contributed by atoms with Gasteiger partial charge in [-0.15, -0.1) is 5.10 Å². The number of amides is 1. The van der Waals surface area contributed by atoms with Crippen LogP contribution in [0.15, 0.2) is 35.6 Å². The van der Waals surface area contributed by atoms with Crippen LogP contribution in [0.4, 0.5) is 5.69 Å². The van der Waals surface area contributed by atoms with E-state index in [1.54, 1.807) is 18.3 Å². The topological polar surface area (TPSA) is 91.3 Å². The van der Waals surface area contributed by atoms with Crippen molar-refractivity contribution < 1.29 is 9.59 Å². The summed E-state index contributed by atoms with van der Waals surface area (Å²) in [7, 11) is 0. The van der Waals surface area contributed by atoms with Gasteiger partial charge >= 0.3 is 0 Å². The van der Waals surface area contributed by atoms with Crippen molar-refractivity contribution in [2.75, 3.05) is 5.01 Å². The van der Waals surface area contributed by atoms with Crippen LogP contribution in [-0.4, -0.2) is 32.8 Å². The van der Waals surface area contributed by atoms with Crippen molar-refractivity contribution in [1.29, 1.82) is 0 Å². The molecule has 0 fully saturated rings. The number of nitrogens with one attached hydrogen (secondary N) is 1. The van der Waals surface area contributed by atoms with Crippen molar-refractivity contribution in [2.24, 2.45) is 5.10 Å². The molecule has 20 heavy (non-hydrogen) atoms. The number of rotatable bonds is 3. The Morgan fingerprint density at radius 2 is 2.05 bits per heavy atom. The standard InChI is InChI=1S/C13H11N5O2/c1-8(19)11-6-13(20)18(16-11)10-4-2-9(3-5-10)12-7-14-17-15-12/h2-5,7H,6H2,1H3,(H,14,15,17). The zero-order valence-electron chi connectivity index (χ0n) is 10.7. The van der Waals surface area contributed by atoms with E-state index in [0.717, 1.165) is 11.3 Å². The monoisotopic (exact) mass is 269 g/mol. The number of hydrazone groups is 1. The van der Waals surface area contributed by atoms with Gasteiger partial charge in [0.05, 0.1) is 12.1 Å². The molecule has 0 bridgehead atoms. The molecule has 0 radical (unpaired) electrons. The lowest BCUT2D eigenvalue weighted by atomic mass is 10.1. The van der Waals surface area contributed by atoms with Crippen LogP contribution in [0, 0.1) is 0 Å². The number of hydrogen-bond acceptors (Lipinski definition) is 5. The highest BCUT2D eigenvalue weighted by Crippen LogP contribution is 2.24. The normalized spacial score (nSPS) is 14.6. The minimum absolute atomic E-state index is 0.0559. The number of Topliss-reactive ketones (excluding diaryl/α,β-unsaturated/α-hetero) is 1. The zero-order chi connectivity index (χ0) is 14.1. The maximum atomic E-state index is 11.8. The highest BCUT2D eigenvalue weighted by atomic mass is 16.2. The van der Waals surface area contributed by atoms with E-state index in [2.05, 4.69) is 20.5 Å². The Hall–Kier alpha value is -2.83. The summed E-state index contributed by atoms with van der Waals surface area (Å²) in [4.78, 5) is 23.1. The molecule has 0 spiro atoms. The molecule has 0 aliphatic carbocycles.